The molecule has 2 rings (SSSR count). The molecule has 0 saturated carbocycles. The van der Waals surface area contributed by atoms with Crippen molar-refractivity contribution >= 4 is 11.8 Å². The molecule has 2 heterocycles. The third-order valence-corrected chi connectivity index (χ3v) is 2.19. The van der Waals surface area contributed by atoms with E-state index in [0.717, 1.165) is 6.26 Å². The fourth-order valence-electron chi connectivity index (χ4n) is 1.35. The van der Waals surface area contributed by atoms with E-state index in [1.54, 1.807) is 0 Å². The molecule has 0 radical (unpaired) electrons. The van der Waals surface area contributed by atoms with Gasteiger partial charge in [-0.25, -0.2) is 4.79 Å². The van der Waals surface area contributed by atoms with Crippen molar-refractivity contribution in [3.05, 3.63) is 52.1 Å². The molecule has 0 saturated heterocycles. The maximum atomic E-state index is 10.7. The lowest BCUT2D eigenvalue weighted by Gasteiger charge is -2.03. The number of aromatic nitrogens is 1. The van der Waals surface area contributed by atoms with E-state index in [-0.39, 0.29) is 23.7 Å². The average molecular weight is 264 g/mol. The fourth-order valence-corrected chi connectivity index (χ4v) is 1.35. The quantitative estimate of drug-likeness (QED) is 0.647. The smallest absolute Gasteiger partial charge is 0.406 e. The molecule has 98 valence electrons. The molecule has 0 fully saturated rings. The van der Waals surface area contributed by atoms with E-state index >= 15 is 0 Å². The Morgan fingerprint density at radius 1 is 1.58 bits per heavy atom. The number of ether oxygens (including phenoxy) is 1. The molecule has 19 heavy (non-hydrogen) atoms. The van der Waals surface area contributed by atoms with E-state index in [1.165, 1.54) is 24.4 Å². The summed E-state index contributed by atoms with van der Waals surface area (Å²) in [4.78, 5) is 24.2. The number of furan rings is 1. The molecule has 0 aliphatic rings. The molecule has 0 aliphatic carbocycles. The Morgan fingerprint density at radius 3 is 3.00 bits per heavy atom. The maximum absolute atomic E-state index is 10.7. The summed E-state index contributed by atoms with van der Waals surface area (Å²) in [5.41, 5.74) is -0.0145. The van der Waals surface area contributed by atoms with Gasteiger partial charge in [0.25, 0.3) is 0 Å². The topological polar surface area (TPSA) is 116 Å². The van der Waals surface area contributed by atoms with Crippen LogP contribution in [0.25, 0.3) is 0 Å². The highest BCUT2D eigenvalue weighted by molar-refractivity contribution is 5.87. The van der Waals surface area contributed by atoms with Crippen LogP contribution in [-0.4, -0.2) is 21.0 Å². The lowest BCUT2D eigenvalue weighted by Crippen LogP contribution is -2.00. The summed E-state index contributed by atoms with van der Waals surface area (Å²) < 4.78 is 10.1. The zero-order valence-corrected chi connectivity index (χ0v) is 9.48. The van der Waals surface area contributed by atoms with E-state index < -0.39 is 16.7 Å². The van der Waals surface area contributed by atoms with Gasteiger partial charge in [-0.05, 0) is 28.1 Å². The number of hydrogen-bond donors (Lipinski definition) is 1. The molecule has 8 heteroatoms. The summed E-state index contributed by atoms with van der Waals surface area (Å²) in [6.07, 6.45) is 2.35. The van der Waals surface area contributed by atoms with E-state index in [4.69, 9.17) is 14.3 Å². The Bertz CT molecular complexity index is 621. The number of carboxylic acids is 1. The van der Waals surface area contributed by atoms with Crippen molar-refractivity contribution in [2.45, 2.75) is 6.61 Å². The van der Waals surface area contributed by atoms with Gasteiger partial charge < -0.3 is 24.4 Å². The number of pyridine rings is 1. The molecular weight excluding hydrogens is 256 g/mol. The molecule has 2 aromatic rings. The second-order valence-electron chi connectivity index (χ2n) is 3.48. The SMILES string of the molecule is O=C(O)c1coc(COc2cccnc2[N+](=O)[O-])c1. The van der Waals surface area contributed by atoms with Gasteiger partial charge in [0, 0.05) is 0 Å². The molecule has 0 bridgehead atoms. The van der Waals surface area contributed by atoms with Crippen LogP contribution in [0, 0.1) is 10.1 Å². The van der Waals surface area contributed by atoms with Crippen molar-refractivity contribution in [1.29, 1.82) is 0 Å². The maximum Gasteiger partial charge on any atom is 0.406 e. The number of nitro groups is 1. The van der Waals surface area contributed by atoms with Crippen LogP contribution in [0.1, 0.15) is 16.1 Å². The van der Waals surface area contributed by atoms with Crippen LogP contribution >= 0.6 is 0 Å². The van der Waals surface area contributed by atoms with Gasteiger partial charge in [0.15, 0.2) is 0 Å². The molecule has 0 aromatic carbocycles. The van der Waals surface area contributed by atoms with E-state index in [2.05, 4.69) is 4.98 Å². The van der Waals surface area contributed by atoms with Crippen LogP contribution in [0.15, 0.2) is 35.1 Å². The van der Waals surface area contributed by atoms with Gasteiger partial charge >= 0.3 is 11.8 Å². The van der Waals surface area contributed by atoms with Crippen molar-refractivity contribution in [2.75, 3.05) is 0 Å². The Labute approximate surface area is 106 Å². The fraction of sp³-hybridized carbons (Fsp3) is 0.0909. The van der Waals surface area contributed by atoms with Gasteiger partial charge in [0.2, 0.25) is 5.75 Å². The third kappa shape index (κ3) is 2.86. The van der Waals surface area contributed by atoms with Crippen LogP contribution in [-0.2, 0) is 6.61 Å². The molecule has 2 aromatic heterocycles. The van der Waals surface area contributed by atoms with Gasteiger partial charge in [-0.3, -0.25) is 0 Å². The van der Waals surface area contributed by atoms with Crippen LogP contribution in [0.3, 0.4) is 0 Å². The highest BCUT2D eigenvalue weighted by atomic mass is 16.6. The van der Waals surface area contributed by atoms with Crippen LogP contribution in [0.4, 0.5) is 5.82 Å². The molecule has 0 atom stereocenters. The summed E-state index contributed by atoms with van der Waals surface area (Å²) in [5, 5.41) is 19.4. The number of aromatic carboxylic acids is 1. The number of hydrogen-bond acceptors (Lipinski definition) is 6. The summed E-state index contributed by atoms with van der Waals surface area (Å²) >= 11 is 0. The van der Waals surface area contributed by atoms with Gasteiger partial charge in [0.05, 0.1) is 5.56 Å². The van der Waals surface area contributed by atoms with Gasteiger partial charge in [-0.15, -0.1) is 0 Å². The van der Waals surface area contributed by atoms with Crippen LogP contribution in [0.5, 0.6) is 5.75 Å². The van der Waals surface area contributed by atoms with E-state index in [1.807, 2.05) is 0 Å². The second kappa shape index (κ2) is 5.17. The first kappa shape index (κ1) is 12.6. The first-order chi connectivity index (χ1) is 9.08. The Morgan fingerprint density at radius 2 is 2.37 bits per heavy atom. The Hall–Kier alpha value is -2.90. The minimum Gasteiger partial charge on any atom is -0.478 e. The lowest BCUT2D eigenvalue weighted by atomic mass is 10.3. The highest BCUT2D eigenvalue weighted by Crippen LogP contribution is 2.24. The normalized spacial score (nSPS) is 10.1. The van der Waals surface area contributed by atoms with Crippen LogP contribution in [0.2, 0.25) is 0 Å². The first-order valence-corrected chi connectivity index (χ1v) is 5.11. The molecule has 0 unspecified atom stereocenters. The average Bonchev–Trinajstić information content (AvgIpc) is 2.85. The summed E-state index contributed by atoms with van der Waals surface area (Å²) in [6.45, 7) is -0.125. The predicted molar refractivity (Wildman–Crippen MR) is 60.9 cm³/mol. The lowest BCUT2D eigenvalue weighted by molar-refractivity contribution is -0.390. The Kier molecular flexibility index (Phi) is 3.42. The van der Waals surface area contributed by atoms with Gasteiger partial charge in [0.1, 0.15) is 24.8 Å². The second-order valence-corrected chi connectivity index (χ2v) is 3.48. The van der Waals surface area contributed by atoms with Crippen molar-refractivity contribution in [3.63, 3.8) is 0 Å². The zero-order chi connectivity index (χ0) is 13.8. The molecule has 0 amide bonds. The van der Waals surface area contributed by atoms with Crippen LogP contribution < -0.4 is 4.74 Å². The number of nitrogens with zero attached hydrogens (tertiary/aromatic N) is 2. The predicted octanol–water partition coefficient (Wildman–Crippen LogP) is 1.86. The summed E-state index contributed by atoms with van der Waals surface area (Å²) in [7, 11) is 0. The minimum absolute atomic E-state index is 0.0132. The first-order valence-electron chi connectivity index (χ1n) is 5.11. The third-order valence-electron chi connectivity index (χ3n) is 2.19. The summed E-state index contributed by atoms with van der Waals surface area (Å²) in [5.74, 6) is -1.30. The monoisotopic (exact) mass is 264 g/mol. The molecule has 8 nitrogen and oxygen atoms in total. The Balaban J connectivity index is 2.10. The minimum atomic E-state index is -1.12. The molecule has 1 N–H and O–H groups in total. The van der Waals surface area contributed by atoms with Gasteiger partial charge in [-0.1, -0.05) is 0 Å². The van der Waals surface area contributed by atoms with Crippen molar-refractivity contribution in [2.24, 2.45) is 0 Å². The highest BCUT2D eigenvalue weighted by Gasteiger charge is 2.16. The van der Waals surface area contributed by atoms with E-state index in [0.29, 0.717) is 0 Å². The number of carboxylic acid groups (broad SMARTS) is 1. The van der Waals surface area contributed by atoms with E-state index in [9.17, 15) is 14.9 Å². The molecule has 0 spiro atoms. The number of carbonyl (C=O) groups is 1. The zero-order valence-electron chi connectivity index (χ0n) is 9.48. The molecule has 0 aliphatic heterocycles. The van der Waals surface area contributed by atoms with Gasteiger partial charge in [-0.2, -0.15) is 0 Å². The standard InChI is InChI=1S/C11H8N2O6/c14-11(15)7-4-8(18-5-7)6-19-9-2-1-3-12-10(9)13(16)17/h1-5H,6H2,(H,14,15). The van der Waals surface area contributed by atoms with Crippen molar-refractivity contribution in [1.82, 2.24) is 4.98 Å². The summed E-state index contributed by atoms with van der Waals surface area (Å²) in [6, 6.07) is 4.17. The number of rotatable bonds is 5. The molecular formula is C11H8N2O6. The largest absolute Gasteiger partial charge is 0.478 e. The van der Waals surface area contributed by atoms with Crippen molar-refractivity contribution < 1.29 is 24.0 Å². The van der Waals surface area contributed by atoms with Crippen molar-refractivity contribution in [3.8, 4) is 5.75 Å².